The highest BCUT2D eigenvalue weighted by Crippen LogP contribution is 2.44. The number of carbonyl (C=O) groups excluding carboxylic acids is 1. The second-order valence-corrected chi connectivity index (χ2v) is 8.90. The van der Waals surface area contributed by atoms with Crippen LogP contribution in [0.15, 0.2) is 66.7 Å². The first kappa shape index (κ1) is 19.6. The van der Waals surface area contributed by atoms with Crippen LogP contribution in [0.3, 0.4) is 0 Å². The Hall–Kier alpha value is -3.38. The van der Waals surface area contributed by atoms with Crippen molar-refractivity contribution in [3.63, 3.8) is 0 Å². The van der Waals surface area contributed by atoms with E-state index in [0.29, 0.717) is 10.5 Å². The van der Waals surface area contributed by atoms with E-state index in [1.165, 1.54) is 22.8 Å². The molecule has 5 nitrogen and oxygen atoms in total. The summed E-state index contributed by atoms with van der Waals surface area (Å²) in [6.07, 6.45) is 3.17. The largest absolute Gasteiger partial charge is 0.507 e. The molecule has 0 aromatic heterocycles. The number of phenols is 1. The summed E-state index contributed by atoms with van der Waals surface area (Å²) in [6.45, 7) is 0. The summed E-state index contributed by atoms with van der Waals surface area (Å²) in [5.41, 5.74) is 6.33. The quantitative estimate of drug-likeness (QED) is 0.647. The molecule has 2 atom stereocenters. The van der Waals surface area contributed by atoms with Gasteiger partial charge < -0.3 is 9.84 Å². The van der Waals surface area contributed by atoms with Crippen molar-refractivity contribution in [1.82, 2.24) is 4.72 Å². The van der Waals surface area contributed by atoms with E-state index in [1.54, 1.807) is 19.2 Å². The highest BCUT2D eigenvalue weighted by molar-refractivity contribution is 7.94. The molecule has 0 saturated heterocycles. The molecule has 0 bridgehead atoms. The van der Waals surface area contributed by atoms with Gasteiger partial charge in [-0.05, 0) is 64.9 Å². The van der Waals surface area contributed by atoms with Gasteiger partial charge in [0.2, 0.25) is 0 Å². The Labute approximate surface area is 183 Å². The van der Waals surface area contributed by atoms with Crippen molar-refractivity contribution in [2.45, 2.75) is 18.8 Å². The van der Waals surface area contributed by atoms with Crippen molar-refractivity contribution in [2.24, 2.45) is 0 Å². The summed E-state index contributed by atoms with van der Waals surface area (Å²) in [6, 6.07) is 19.9. The average Bonchev–Trinajstić information content (AvgIpc) is 3.36. The average molecular weight is 432 g/mol. The van der Waals surface area contributed by atoms with E-state index < -0.39 is 16.9 Å². The summed E-state index contributed by atoms with van der Waals surface area (Å²) in [5.74, 6) is 0.623. The van der Waals surface area contributed by atoms with E-state index in [2.05, 4.69) is 29.0 Å². The van der Waals surface area contributed by atoms with Crippen LogP contribution in [0.25, 0.3) is 16.0 Å². The first-order chi connectivity index (χ1) is 15.0. The van der Waals surface area contributed by atoms with Gasteiger partial charge in [-0.25, -0.2) is 4.21 Å². The lowest BCUT2D eigenvalue weighted by molar-refractivity contribution is -0.114. The first-order valence-electron chi connectivity index (χ1n) is 10.1. The molecule has 0 fully saturated rings. The molecular weight excluding hydrogens is 410 g/mol. The number of benzene rings is 3. The molecular formula is C25H21NO4S. The molecule has 2 N–H and O–H groups in total. The molecule has 3 aromatic carbocycles. The molecule has 6 heteroatoms. The standard InChI is InChI=1S/C25H21NO4S/c1-30-17-5-2-4-15(12-17)18-6-3-7-20-19(10-11-21(18)20)16-8-9-22(23(27)13-16)24-14-25(28)26-31(24)29/h2-9,12-14,19,27H,10-11H2,1H3,(H,26,28)/t19-,31?/m1/s1. The van der Waals surface area contributed by atoms with Crippen molar-refractivity contribution >= 4 is 21.8 Å². The fourth-order valence-electron chi connectivity index (χ4n) is 4.56. The summed E-state index contributed by atoms with van der Waals surface area (Å²) in [4.78, 5) is 11.8. The smallest absolute Gasteiger partial charge is 0.257 e. The molecule has 1 unspecified atom stereocenters. The van der Waals surface area contributed by atoms with Crippen molar-refractivity contribution < 1.29 is 18.8 Å². The van der Waals surface area contributed by atoms with Crippen LogP contribution in [0.1, 0.15) is 34.6 Å². The van der Waals surface area contributed by atoms with E-state index in [9.17, 15) is 14.1 Å². The molecule has 1 aliphatic heterocycles. The van der Waals surface area contributed by atoms with Crippen molar-refractivity contribution in [3.8, 4) is 22.6 Å². The number of hydrogen-bond acceptors (Lipinski definition) is 4. The van der Waals surface area contributed by atoms with Gasteiger partial charge in [0.05, 0.1) is 12.0 Å². The third kappa shape index (κ3) is 3.43. The maximum Gasteiger partial charge on any atom is 0.257 e. The normalized spacial score (nSPS) is 19.6. The molecule has 3 aromatic rings. The molecule has 1 amide bonds. The summed E-state index contributed by atoms with van der Waals surface area (Å²) in [7, 11) is 0.0379. The number of carbonyl (C=O) groups is 1. The van der Waals surface area contributed by atoms with Crippen LogP contribution in [0.2, 0.25) is 0 Å². The van der Waals surface area contributed by atoms with Crippen LogP contribution in [-0.4, -0.2) is 22.3 Å². The minimum atomic E-state index is -1.63. The highest BCUT2D eigenvalue weighted by Gasteiger charge is 2.28. The minimum absolute atomic E-state index is 0.0333. The molecule has 1 aliphatic carbocycles. The third-order valence-electron chi connectivity index (χ3n) is 6.00. The zero-order valence-corrected chi connectivity index (χ0v) is 17.7. The van der Waals surface area contributed by atoms with Gasteiger partial charge in [0.25, 0.3) is 5.91 Å². The number of methoxy groups -OCH3 is 1. The van der Waals surface area contributed by atoms with Gasteiger partial charge in [0.1, 0.15) is 11.5 Å². The maximum absolute atomic E-state index is 12.1. The summed E-state index contributed by atoms with van der Waals surface area (Å²) >= 11 is 0. The summed E-state index contributed by atoms with van der Waals surface area (Å²) in [5, 5.41) is 10.6. The number of ether oxygens (including phenoxy) is 1. The van der Waals surface area contributed by atoms with Gasteiger partial charge in [0, 0.05) is 17.6 Å². The van der Waals surface area contributed by atoms with Gasteiger partial charge in [-0.15, -0.1) is 0 Å². The predicted octanol–water partition coefficient (Wildman–Crippen LogP) is 4.28. The van der Waals surface area contributed by atoms with E-state index >= 15 is 0 Å². The molecule has 5 rings (SSSR count). The van der Waals surface area contributed by atoms with E-state index in [1.807, 2.05) is 24.3 Å². The topological polar surface area (TPSA) is 75.6 Å². The molecule has 156 valence electrons. The Morgan fingerprint density at radius 3 is 2.65 bits per heavy atom. The Bertz CT molecular complexity index is 1260. The number of hydrogen-bond donors (Lipinski definition) is 2. The lowest BCUT2D eigenvalue weighted by atomic mass is 9.90. The van der Waals surface area contributed by atoms with Gasteiger partial charge in [-0.3, -0.25) is 9.52 Å². The van der Waals surface area contributed by atoms with Crippen LogP contribution < -0.4 is 9.46 Å². The predicted molar refractivity (Wildman–Crippen MR) is 121 cm³/mol. The van der Waals surface area contributed by atoms with Crippen LogP contribution in [0.4, 0.5) is 0 Å². The van der Waals surface area contributed by atoms with Gasteiger partial charge in [-0.2, -0.15) is 0 Å². The van der Waals surface area contributed by atoms with E-state index in [0.717, 1.165) is 29.7 Å². The van der Waals surface area contributed by atoms with Gasteiger partial charge in [0.15, 0.2) is 11.0 Å². The van der Waals surface area contributed by atoms with Gasteiger partial charge in [-0.1, -0.05) is 36.4 Å². The third-order valence-corrected chi connectivity index (χ3v) is 7.12. The van der Waals surface area contributed by atoms with Crippen molar-refractivity contribution in [2.75, 3.05) is 7.11 Å². The number of rotatable bonds is 4. The number of aromatic hydroxyl groups is 1. The van der Waals surface area contributed by atoms with E-state index in [-0.39, 0.29) is 11.7 Å². The Morgan fingerprint density at radius 1 is 1.06 bits per heavy atom. The van der Waals surface area contributed by atoms with Crippen molar-refractivity contribution in [3.05, 3.63) is 89.0 Å². The molecule has 0 saturated carbocycles. The Morgan fingerprint density at radius 2 is 1.90 bits per heavy atom. The lowest BCUT2D eigenvalue weighted by Crippen LogP contribution is -2.16. The zero-order chi connectivity index (χ0) is 21.5. The monoisotopic (exact) mass is 431 g/mol. The maximum atomic E-state index is 12.1. The second kappa shape index (κ2) is 7.71. The molecule has 0 radical (unpaired) electrons. The molecule has 0 spiro atoms. The zero-order valence-electron chi connectivity index (χ0n) is 16.9. The highest BCUT2D eigenvalue weighted by atomic mass is 32.2. The fourth-order valence-corrected chi connectivity index (χ4v) is 5.50. The number of phenolic OH excluding ortho intramolecular Hbond substituents is 1. The van der Waals surface area contributed by atoms with E-state index in [4.69, 9.17) is 4.74 Å². The van der Waals surface area contributed by atoms with Crippen LogP contribution >= 0.6 is 0 Å². The lowest BCUT2D eigenvalue weighted by Gasteiger charge is -2.15. The summed E-state index contributed by atoms with van der Waals surface area (Å²) < 4.78 is 19.8. The van der Waals surface area contributed by atoms with Crippen LogP contribution in [0, 0.1) is 0 Å². The fraction of sp³-hybridized carbons (Fsp3) is 0.160. The van der Waals surface area contributed by atoms with Crippen LogP contribution in [-0.2, 0) is 22.2 Å². The second-order valence-electron chi connectivity index (χ2n) is 7.72. The first-order valence-corrected chi connectivity index (χ1v) is 11.2. The number of fused-ring (bicyclic) bond motifs is 1. The SMILES string of the molecule is COc1cccc(-c2cccc3c2CC[C@@H]3c2ccc(C3=CC(=O)NS3=O)c(O)c2)c1. The molecule has 31 heavy (non-hydrogen) atoms. The minimum Gasteiger partial charge on any atom is -0.507 e. The molecule has 1 heterocycles. The molecule has 2 aliphatic rings. The van der Waals surface area contributed by atoms with Crippen LogP contribution in [0.5, 0.6) is 11.5 Å². The number of nitrogens with one attached hydrogen (secondary N) is 1. The Kier molecular flexibility index (Phi) is 4.87. The van der Waals surface area contributed by atoms with Crippen molar-refractivity contribution in [1.29, 1.82) is 0 Å². The Balaban J connectivity index is 1.51. The number of amides is 1. The van der Waals surface area contributed by atoms with Gasteiger partial charge >= 0.3 is 0 Å².